The maximum Gasteiger partial charge on any atom is 0.279 e. The molecule has 0 saturated heterocycles. The van der Waals surface area contributed by atoms with Crippen molar-refractivity contribution in [3.05, 3.63) is 50.6 Å². The van der Waals surface area contributed by atoms with E-state index in [1.165, 1.54) is 0 Å². The van der Waals surface area contributed by atoms with E-state index in [-0.39, 0.29) is 6.61 Å². The van der Waals surface area contributed by atoms with Gasteiger partial charge in [0.1, 0.15) is 5.75 Å². The summed E-state index contributed by atoms with van der Waals surface area (Å²) < 4.78 is 5.72. The second-order valence-electron chi connectivity index (χ2n) is 3.83. The number of halogens is 2. The molecule has 5 nitrogen and oxygen atoms in total. The maximum absolute atomic E-state index is 11.7. The van der Waals surface area contributed by atoms with Crippen LogP contribution in [0.5, 0.6) is 5.75 Å². The van der Waals surface area contributed by atoms with Gasteiger partial charge in [-0.3, -0.25) is 20.4 Å². The van der Waals surface area contributed by atoms with Gasteiger partial charge in [-0.1, -0.05) is 35.3 Å². The molecule has 2 aromatic rings. The van der Waals surface area contributed by atoms with Gasteiger partial charge in [0, 0.05) is 0 Å². The van der Waals surface area contributed by atoms with Gasteiger partial charge >= 0.3 is 0 Å². The predicted molar refractivity (Wildman–Crippen MR) is 81.9 cm³/mol. The van der Waals surface area contributed by atoms with Gasteiger partial charge in [0.25, 0.3) is 11.8 Å². The number of rotatable bonds is 4. The fourth-order valence-corrected chi connectivity index (χ4v) is 2.49. The van der Waals surface area contributed by atoms with E-state index >= 15 is 0 Å². The maximum atomic E-state index is 11.7. The van der Waals surface area contributed by atoms with E-state index < -0.39 is 11.8 Å². The summed E-state index contributed by atoms with van der Waals surface area (Å²) in [4.78, 5) is 23.6. The summed E-state index contributed by atoms with van der Waals surface area (Å²) in [5, 5.41) is 0.405. The number of amides is 2. The van der Waals surface area contributed by atoms with Crippen LogP contribution in [0.1, 0.15) is 9.67 Å². The summed E-state index contributed by atoms with van der Waals surface area (Å²) in [6, 6.07) is 9.94. The topological polar surface area (TPSA) is 67.4 Å². The van der Waals surface area contributed by atoms with Gasteiger partial charge in [0.15, 0.2) is 6.61 Å². The number of carbonyl (C=O) groups is 2. The van der Waals surface area contributed by atoms with Crippen LogP contribution in [0.15, 0.2) is 36.4 Å². The van der Waals surface area contributed by atoms with Crippen LogP contribution in [-0.4, -0.2) is 18.4 Å². The lowest BCUT2D eigenvalue weighted by molar-refractivity contribution is -0.123. The Bertz CT molecular complexity index is 660. The Hall–Kier alpha value is -1.76. The summed E-state index contributed by atoms with van der Waals surface area (Å²) in [5.74, 6) is -0.561. The number of benzene rings is 1. The molecule has 0 atom stereocenters. The molecule has 1 aromatic carbocycles. The zero-order valence-electron chi connectivity index (χ0n) is 10.6. The zero-order valence-corrected chi connectivity index (χ0v) is 12.9. The largest absolute Gasteiger partial charge is 0.482 e. The zero-order chi connectivity index (χ0) is 15.2. The standard InChI is InChI=1S/C13H10Cl2N2O3S/c14-8-3-1-2-4-9(8)20-7-12(18)16-17-13(19)10-5-6-11(15)21-10/h1-6H,7H2,(H,16,18)(H,17,19). The molecule has 2 rings (SSSR count). The fourth-order valence-electron chi connectivity index (χ4n) is 1.37. The first kappa shape index (κ1) is 15.6. The lowest BCUT2D eigenvalue weighted by Gasteiger charge is -2.09. The number of ether oxygens (including phenoxy) is 1. The molecule has 2 amide bonds. The molecule has 8 heteroatoms. The van der Waals surface area contributed by atoms with Crippen molar-refractivity contribution in [1.82, 2.24) is 10.9 Å². The highest BCUT2D eigenvalue weighted by Crippen LogP contribution is 2.23. The fraction of sp³-hybridized carbons (Fsp3) is 0.0769. The quantitative estimate of drug-likeness (QED) is 0.838. The molecule has 110 valence electrons. The highest BCUT2D eigenvalue weighted by molar-refractivity contribution is 7.17. The molecule has 0 aliphatic rings. The van der Waals surface area contributed by atoms with E-state index in [1.54, 1.807) is 36.4 Å². The summed E-state index contributed by atoms with van der Waals surface area (Å²) in [7, 11) is 0. The van der Waals surface area contributed by atoms with Crippen LogP contribution in [0.3, 0.4) is 0 Å². The molecular formula is C13H10Cl2N2O3S. The number of hydrogen-bond donors (Lipinski definition) is 2. The molecule has 1 heterocycles. The molecule has 0 unspecified atom stereocenters. The van der Waals surface area contributed by atoms with E-state index in [9.17, 15) is 9.59 Å². The molecule has 0 fully saturated rings. The minimum atomic E-state index is -0.508. The third-order valence-corrected chi connectivity index (χ3v) is 3.85. The third kappa shape index (κ3) is 4.63. The minimum absolute atomic E-state index is 0.269. The molecular weight excluding hydrogens is 335 g/mol. The van der Waals surface area contributed by atoms with Gasteiger partial charge in [-0.05, 0) is 24.3 Å². The van der Waals surface area contributed by atoms with Crippen LogP contribution in [0.25, 0.3) is 0 Å². The van der Waals surface area contributed by atoms with Gasteiger partial charge in [-0.2, -0.15) is 0 Å². The highest BCUT2D eigenvalue weighted by atomic mass is 35.5. The Morgan fingerprint density at radius 3 is 2.52 bits per heavy atom. The Balaban J connectivity index is 1.78. The van der Waals surface area contributed by atoms with Crippen molar-refractivity contribution in [2.24, 2.45) is 0 Å². The Kier molecular flexibility index (Phi) is 5.44. The van der Waals surface area contributed by atoms with Crippen molar-refractivity contribution in [2.45, 2.75) is 0 Å². The van der Waals surface area contributed by atoms with Crippen LogP contribution in [-0.2, 0) is 4.79 Å². The van der Waals surface area contributed by atoms with Crippen molar-refractivity contribution in [1.29, 1.82) is 0 Å². The Morgan fingerprint density at radius 1 is 1.10 bits per heavy atom. The summed E-state index contributed by atoms with van der Waals surface area (Å²) >= 11 is 12.7. The molecule has 21 heavy (non-hydrogen) atoms. The molecule has 0 aliphatic carbocycles. The molecule has 0 radical (unpaired) electrons. The van der Waals surface area contributed by atoms with Gasteiger partial charge < -0.3 is 4.74 Å². The van der Waals surface area contributed by atoms with E-state index in [0.29, 0.717) is 20.0 Å². The van der Waals surface area contributed by atoms with Crippen LogP contribution in [0, 0.1) is 0 Å². The van der Waals surface area contributed by atoms with Crippen LogP contribution >= 0.6 is 34.5 Å². The molecule has 2 N–H and O–H groups in total. The van der Waals surface area contributed by atoms with Crippen LogP contribution in [0.2, 0.25) is 9.36 Å². The normalized spacial score (nSPS) is 10.0. The second-order valence-corrected chi connectivity index (χ2v) is 5.95. The smallest absolute Gasteiger partial charge is 0.279 e. The van der Waals surface area contributed by atoms with Crippen LogP contribution < -0.4 is 15.6 Å². The van der Waals surface area contributed by atoms with Gasteiger partial charge in [0.05, 0.1) is 14.2 Å². The SMILES string of the molecule is O=C(COc1ccccc1Cl)NNC(=O)c1ccc(Cl)s1. The van der Waals surface area contributed by atoms with Crippen molar-refractivity contribution >= 4 is 46.4 Å². The van der Waals surface area contributed by atoms with Crippen molar-refractivity contribution < 1.29 is 14.3 Å². The first-order valence-corrected chi connectivity index (χ1v) is 7.35. The number of para-hydroxylation sites is 1. The van der Waals surface area contributed by atoms with Gasteiger partial charge in [0.2, 0.25) is 0 Å². The monoisotopic (exact) mass is 344 g/mol. The first-order chi connectivity index (χ1) is 10.1. The lowest BCUT2D eigenvalue weighted by Crippen LogP contribution is -2.43. The average molecular weight is 345 g/mol. The second kappa shape index (κ2) is 7.31. The van der Waals surface area contributed by atoms with E-state index in [1.807, 2.05) is 0 Å². The van der Waals surface area contributed by atoms with Gasteiger partial charge in [-0.15, -0.1) is 11.3 Å². The number of hydrogen-bond acceptors (Lipinski definition) is 4. The molecule has 0 aliphatic heterocycles. The number of nitrogens with one attached hydrogen (secondary N) is 2. The summed E-state index contributed by atoms with van der Waals surface area (Å²) in [5.41, 5.74) is 4.50. The van der Waals surface area contributed by atoms with Gasteiger partial charge in [-0.25, -0.2) is 0 Å². The molecule has 0 bridgehead atoms. The lowest BCUT2D eigenvalue weighted by atomic mass is 10.3. The van der Waals surface area contributed by atoms with E-state index in [2.05, 4.69) is 10.9 Å². The molecule has 0 saturated carbocycles. The van der Waals surface area contributed by atoms with Crippen LogP contribution in [0.4, 0.5) is 0 Å². The third-order valence-electron chi connectivity index (χ3n) is 2.31. The Labute approximate surface area is 134 Å². The highest BCUT2D eigenvalue weighted by Gasteiger charge is 2.10. The number of thiophene rings is 1. The summed E-state index contributed by atoms with van der Waals surface area (Å²) in [6.45, 7) is -0.269. The minimum Gasteiger partial charge on any atom is -0.482 e. The van der Waals surface area contributed by atoms with Crippen molar-refractivity contribution in [3.63, 3.8) is 0 Å². The van der Waals surface area contributed by atoms with E-state index in [4.69, 9.17) is 27.9 Å². The molecule has 1 aromatic heterocycles. The number of carbonyl (C=O) groups excluding carboxylic acids is 2. The van der Waals surface area contributed by atoms with Crippen molar-refractivity contribution in [3.8, 4) is 5.75 Å². The van der Waals surface area contributed by atoms with E-state index in [0.717, 1.165) is 11.3 Å². The van der Waals surface area contributed by atoms with Crippen molar-refractivity contribution in [2.75, 3.05) is 6.61 Å². The first-order valence-electron chi connectivity index (χ1n) is 5.78. The Morgan fingerprint density at radius 2 is 1.86 bits per heavy atom. The number of hydrazine groups is 1. The summed E-state index contributed by atoms with van der Waals surface area (Å²) in [6.07, 6.45) is 0. The predicted octanol–water partition coefficient (Wildman–Crippen LogP) is 2.89. The average Bonchev–Trinajstić information content (AvgIpc) is 2.90. The molecule has 0 spiro atoms.